The molecule has 10 heteroatoms. The van der Waals surface area contributed by atoms with E-state index in [4.69, 9.17) is 4.74 Å². The van der Waals surface area contributed by atoms with Crippen LogP contribution in [0.3, 0.4) is 0 Å². The summed E-state index contributed by atoms with van der Waals surface area (Å²) in [5.41, 5.74) is 2.17. The average Bonchev–Trinajstić information content (AvgIpc) is 2.80. The Morgan fingerprint density at radius 2 is 1.76 bits per heavy atom. The zero-order valence-electron chi connectivity index (χ0n) is 18.8. The maximum Gasteiger partial charge on any atom is 0.325 e. The van der Waals surface area contributed by atoms with Gasteiger partial charge < -0.3 is 15.0 Å². The predicted molar refractivity (Wildman–Crippen MR) is 119 cm³/mol. The maximum atomic E-state index is 13.9. The number of amides is 4. The number of carbonyl (C=O) groups excluding carboxylic acids is 4. The second-order valence-electron chi connectivity index (χ2n) is 8.05. The number of anilines is 1. The lowest BCUT2D eigenvalue weighted by Crippen LogP contribution is -2.42. The summed E-state index contributed by atoms with van der Waals surface area (Å²) in [6, 6.07) is 7.37. The molecule has 1 fully saturated rings. The molecule has 4 amide bonds. The van der Waals surface area contributed by atoms with Gasteiger partial charge in [-0.05, 0) is 56.0 Å². The number of halogens is 2. The van der Waals surface area contributed by atoms with E-state index >= 15 is 0 Å². The number of imide groups is 1. The van der Waals surface area contributed by atoms with E-state index in [2.05, 4.69) is 10.6 Å². The highest BCUT2D eigenvalue weighted by Gasteiger charge is 2.30. The fourth-order valence-corrected chi connectivity index (χ4v) is 3.61. The Kier molecular flexibility index (Phi) is 7.93. The number of hydrogen-bond donors (Lipinski definition) is 2. The first-order chi connectivity index (χ1) is 16.2. The van der Waals surface area contributed by atoms with Crippen molar-refractivity contribution in [3.63, 3.8) is 0 Å². The van der Waals surface area contributed by atoms with Crippen molar-refractivity contribution in [1.29, 1.82) is 0 Å². The first-order valence-corrected chi connectivity index (χ1v) is 10.7. The molecule has 8 nitrogen and oxygen atoms in total. The van der Waals surface area contributed by atoms with Gasteiger partial charge in [-0.15, -0.1) is 0 Å². The van der Waals surface area contributed by atoms with Gasteiger partial charge in [-0.2, -0.15) is 0 Å². The van der Waals surface area contributed by atoms with E-state index in [0.29, 0.717) is 11.8 Å². The van der Waals surface area contributed by atoms with Crippen LogP contribution in [0, 0.1) is 31.4 Å². The Bertz CT molecular complexity index is 1110. The van der Waals surface area contributed by atoms with Crippen molar-refractivity contribution in [2.24, 2.45) is 5.92 Å². The summed E-state index contributed by atoms with van der Waals surface area (Å²) in [4.78, 5) is 50.1. The Hall–Kier alpha value is -3.82. The number of carbonyl (C=O) groups is 4. The molecule has 2 N–H and O–H groups in total. The molecular formula is C24H25F2N3O5. The molecule has 0 aliphatic carbocycles. The second-order valence-corrected chi connectivity index (χ2v) is 8.05. The molecule has 0 spiro atoms. The van der Waals surface area contributed by atoms with Gasteiger partial charge in [0.1, 0.15) is 11.6 Å². The number of piperidine rings is 1. The molecule has 1 aliphatic rings. The van der Waals surface area contributed by atoms with Crippen LogP contribution in [0.1, 0.15) is 34.3 Å². The molecule has 0 bridgehead atoms. The summed E-state index contributed by atoms with van der Waals surface area (Å²) in [6.45, 7) is 3.47. The predicted octanol–water partition coefficient (Wildman–Crippen LogP) is 3.33. The van der Waals surface area contributed by atoms with Gasteiger partial charge in [0.05, 0.1) is 11.5 Å². The summed E-state index contributed by atoms with van der Waals surface area (Å²) in [7, 11) is 0. The lowest BCUT2D eigenvalue weighted by molar-refractivity contribution is -0.153. The first kappa shape index (κ1) is 24.8. The Morgan fingerprint density at radius 1 is 1.06 bits per heavy atom. The number of nitrogens with zero attached hydrogens (tertiary/aromatic N) is 1. The van der Waals surface area contributed by atoms with Crippen molar-refractivity contribution in [2.75, 3.05) is 25.0 Å². The van der Waals surface area contributed by atoms with E-state index in [1.807, 2.05) is 19.9 Å². The van der Waals surface area contributed by atoms with Gasteiger partial charge >= 0.3 is 12.0 Å². The fraction of sp³-hybridized carbons (Fsp3) is 0.333. The van der Waals surface area contributed by atoms with E-state index in [0.717, 1.165) is 23.3 Å². The van der Waals surface area contributed by atoms with Crippen LogP contribution in [0.5, 0.6) is 0 Å². The van der Waals surface area contributed by atoms with Gasteiger partial charge in [0.25, 0.3) is 11.8 Å². The van der Waals surface area contributed by atoms with Crippen LogP contribution in [0.25, 0.3) is 0 Å². The number of nitrogens with one attached hydrogen (secondary N) is 2. The Balaban J connectivity index is 1.42. The van der Waals surface area contributed by atoms with Gasteiger partial charge in [-0.3, -0.25) is 19.7 Å². The van der Waals surface area contributed by atoms with E-state index in [-0.39, 0.29) is 31.5 Å². The lowest BCUT2D eigenvalue weighted by Gasteiger charge is -2.31. The lowest BCUT2D eigenvalue weighted by atomic mass is 9.96. The highest BCUT2D eigenvalue weighted by Crippen LogP contribution is 2.22. The molecule has 1 saturated heterocycles. The number of ether oxygens (including phenoxy) is 1. The van der Waals surface area contributed by atoms with Crippen LogP contribution in [-0.2, 0) is 14.3 Å². The third-order valence-electron chi connectivity index (χ3n) is 5.73. The molecule has 0 unspecified atom stereocenters. The normalized spacial score (nSPS) is 13.8. The van der Waals surface area contributed by atoms with Crippen LogP contribution < -0.4 is 10.6 Å². The summed E-state index contributed by atoms with van der Waals surface area (Å²) < 4.78 is 31.9. The number of esters is 1. The number of rotatable bonds is 5. The molecule has 0 atom stereocenters. The van der Waals surface area contributed by atoms with Crippen molar-refractivity contribution in [3.8, 4) is 0 Å². The zero-order chi connectivity index (χ0) is 24.8. The number of hydrogen-bond acceptors (Lipinski definition) is 5. The topological polar surface area (TPSA) is 105 Å². The number of urea groups is 1. The summed E-state index contributed by atoms with van der Waals surface area (Å²) in [5, 5.41) is 4.67. The summed E-state index contributed by atoms with van der Waals surface area (Å²) in [6.07, 6.45) is 0.532. The third-order valence-corrected chi connectivity index (χ3v) is 5.73. The molecule has 2 aromatic carbocycles. The van der Waals surface area contributed by atoms with Crippen LogP contribution >= 0.6 is 0 Å². The minimum absolute atomic E-state index is 0.180. The van der Waals surface area contributed by atoms with Gasteiger partial charge in [-0.1, -0.05) is 12.1 Å². The number of aryl methyl sites for hydroxylation is 1. The van der Waals surface area contributed by atoms with Crippen molar-refractivity contribution in [1.82, 2.24) is 10.2 Å². The molecule has 34 heavy (non-hydrogen) atoms. The molecule has 1 aliphatic heterocycles. The smallest absolute Gasteiger partial charge is 0.325 e. The first-order valence-electron chi connectivity index (χ1n) is 10.7. The van der Waals surface area contributed by atoms with Gasteiger partial charge in [-0.25, -0.2) is 13.6 Å². The van der Waals surface area contributed by atoms with E-state index in [1.165, 1.54) is 4.90 Å². The molecule has 2 aromatic rings. The second kappa shape index (κ2) is 10.9. The monoisotopic (exact) mass is 473 g/mol. The number of benzene rings is 2. The van der Waals surface area contributed by atoms with Crippen LogP contribution in [-0.4, -0.2) is 48.4 Å². The van der Waals surface area contributed by atoms with Crippen LogP contribution in [0.2, 0.25) is 0 Å². The highest BCUT2D eigenvalue weighted by molar-refractivity contribution is 6.02. The van der Waals surface area contributed by atoms with Crippen LogP contribution in [0.15, 0.2) is 36.4 Å². The maximum absolute atomic E-state index is 13.9. The fourth-order valence-electron chi connectivity index (χ4n) is 3.61. The SMILES string of the molecule is Cc1cccc(NC(=O)NC(=O)COC(=O)C2CCN(C(=O)c3ccc(F)cc3F)CC2)c1C. The molecule has 0 radical (unpaired) electrons. The van der Waals surface area contributed by atoms with Gasteiger partial charge in [0.2, 0.25) is 0 Å². The Labute approximate surface area is 195 Å². The van der Waals surface area contributed by atoms with Gasteiger partial charge in [0.15, 0.2) is 6.61 Å². The quantitative estimate of drug-likeness (QED) is 0.649. The minimum Gasteiger partial charge on any atom is -0.455 e. The Morgan fingerprint density at radius 3 is 2.44 bits per heavy atom. The molecule has 0 aromatic heterocycles. The minimum atomic E-state index is -0.945. The van der Waals surface area contributed by atoms with Crippen molar-refractivity contribution < 1.29 is 32.7 Å². The number of likely N-dealkylation sites (tertiary alicyclic amines) is 1. The van der Waals surface area contributed by atoms with Crippen molar-refractivity contribution in [2.45, 2.75) is 26.7 Å². The summed E-state index contributed by atoms with van der Waals surface area (Å²) in [5.74, 6) is -4.25. The third kappa shape index (κ3) is 6.15. The molecule has 0 saturated carbocycles. The molecule has 180 valence electrons. The highest BCUT2D eigenvalue weighted by atomic mass is 19.1. The van der Waals surface area contributed by atoms with Crippen LogP contribution in [0.4, 0.5) is 19.3 Å². The molecule has 1 heterocycles. The van der Waals surface area contributed by atoms with E-state index < -0.39 is 48.0 Å². The van der Waals surface area contributed by atoms with Crippen molar-refractivity contribution >= 4 is 29.5 Å². The summed E-state index contributed by atoms with van der Waals surface area (Å²) >= 11 is 0. The zero-order valence-corrected chi connectivity index (χ0v) is 18.8. The average molecular weight is 473 g/mol. The van der Waals surface area contributed by atoms with Gasteiger partial charge in [0, 0.05) is 24.8 Å². The molecular weight excluding hydrogens is 448 g/mol. The molecule has 3 rings (SSSR count). The largest absolute Gasteiger partial charge is 0.455 e. The van der Waals surface area contributed by atoms with E-state index in [9.17, 15) is 28.0 Å². The van der Waals surface area contributed by atoms with E-state index in [1.54, 1.807) is 12.1 Å². The standard InChI is InChI=1S/C24H25F2N3O5/c1-14-4-3-5-20(15(14)2)27-24(33)28-21(30)13-34-23(32)16-8-10-29(11-9-16)22(31)18-7-6-17(25)12-19(18)26/h3-7,12,16H,8-11,13H2,1-2H3,(H2,27,28,30,33). The van der Waals surface area contributed by atoms with Crippen molar-refractivity contribution in [3.05, 3.63) is 64.7 Å².